The molecule has 9 heteroatoms. The van der Waals surface area contributed by atoms with E-state index in [1.54, 1.807) is 20.8 Å². The first-order chi connectivity index (χ1) is 11.2. The Labute approximate surface area is 139 Å². The number of aromatic amines is 1. The van der Waals surface area contributed by atoms with E-state index in [1.165, 1.54) is 4.90 Å². The molecule has 0 aliphatic carbocycles. The monoisotopic (exact) mass is 338 g/mol. The highest BCUT2D eigenvalue weighted by atomic mass is 16.6. The van der Waals surface area contributed by atoms with Crippen LogP contribution in [0.15, 0.2) is 0 Å². The van der Waals surface area contributed by atoms with E-state index in [-0.39, 0.29) is 25.2 Å². The summed E-state index contributed by atoms with van der Waals surface area (Å²) in [5, 5.41) is 17.9. The minimum atomic E-state index is -0.990. The van der Waals surface area contributed by atoms with Crippen LogP contribution in [0.1, 0.15) is 48.9 Å². The summed E-state index contributed by atoms with van der Waals surface area (Å²) in [4.78, 5) is 36.3. The van der Waals surface area contributed by atoms with Crippen molar-refractivity contribution in [3.05, 3.63) is 17.0 Å². The van der Waals surface area contributed by atoms with Crippen LogP contribution in [-0.4, -0.2) is 56.9 Å². The van der Waals surface area contributed by atoms with E-state index >= 15 is 0 Å². The molecule has 3 N–H and O–H groups in total. The molecule has 1 aromatic rings. The minimum absolute atomic E-state index is 0.0194. The van der Waals surface area contributed by atoms with E-state index in [2.05, 4.69) is 15.5 Å². The van der Waals surface area contributed by atoms with Crippen LogP contribution in [0.5, 0.6) is 0 Å². The third kappa shape index (κ3) is 4.46. The lowest BCUT2D eigenvalue weighted by atomic mass is 10.1. The summed E-state index contributed by atoms with van der Waals surface area (Å²) in [6.07, 6.45) is -0.0570. The Hall–Kier alpha value is -2.58. The van der Waals surface area contributed by atoms with Gasteiger partial charge in [-0.2, -0.15) is 5.10 Å². The highest BCUT2D eigenvalue weighted by molar-refractivity contribution is 5.94. The van der Waals surface area contributed by atoms with Crippen LogP contribution < -0.4 is 5.32 Å². The molecule has 0 saturated heterocycles. The molecule has 0 fully saturated rings. The number of carbonyl (C=O) groups excluding carboxylic acids is 2. The van der Waals surface area contributed by atoms with Crippen LogP contribution in [-0.2, 0) is 22.5 Å². The molecule has 0 spiro atoms. The number of aromatic nitrogens is 2. The quantitative estimate of drug-likeness (QED) is 0.749. The first kappa shape index (κ1) is 17.8. The van der Waals surface area contributed by atoms with Gasteiger partial charge < -0.3 is 20.1 Å². The summed E-state index contributed by atoms with van der Waals surface area (Å²) in [7, 11) is 0. The second kappa shape index (κ2) is 6.90. The lowest BCUT2D eigenvalue weighted by Gasteiger charge is -2.30. The summed E-state index contributed by atoms with van der Waals surface area (Å²) in [6, 6.07) is 0. The number of fused-ring (bicyclic) bond motifs is 1. The van der Waals surface area contributed by atoms with Gasteiger partial charge in [0.1, 0.15) is 5.60 Å². The van der Waals surface area contributed by atoms with Crippen LogP contribution in [0.25, 0.3) is 0 Å². The third-order valence-corrected chi connectivity index (χ3v) is 3.42. The van der Waals surface area contributed by atoms with Gasteiger partial charge in [-0.05, 0) is 20.8 Å². The number of amides is 2. The van der Waals surface area contributed by atoms with Crippen LogP contribution in [0.3, 0.4) is 0 Å². The van der Waals surface area contributed by atoms with E-state index in [9.17, 15) is 14.4 Å². The zero-order valence-corrected chi connectivity index (χ0v) is 14.0. The van der Waals surface area contributed by atoms with Crippen molar-refractivity contribution in [3.8, 4) is 0 Å². The topological polar surface area (TPSA) is 125 Å². The van der Waals surface area contributed by atoms with Crippen molar-refractivity contribution in [2.45, 2.75) is 45.8 Å². The summed E-state index contributed by atoms with van der Waals surface area (Å²) in [5.74, 6) is -1.45. The second-order valence-electron chi connectivity index (χ2n) is 6.58. The van der Waals surface area contributed by atoms with E-state index in [1.807, 2.05) is 0 Å². The fourth-order valence-electron chi connectivity index (χ4n) is 2.33. The lowest BCUT2D eigenvalue weighted by Crippen LogP contribution is -2.40. The lowest BCUT2D eigenvalue weighted by molar-refractivity contribution is -0.136. The molecule has 132 valence electrons. The summed E-state index contributed by atoms with van der Waals surface area (Å²) >= 11 is 0. The van der Waals surface area contributed by atoms with E-state index in [0.29, 0.717) is 18.5 Å². The maximum absolute atomic E-state index is 12.2. The van der Waals surface area contributed by atoms with Gasteiger partial charge in [0.15, 0.2) is 5.69 Å². The molecule has 0 aromatic carbocycles. The van der Waals surface area contributed by atoms with Gasteiger partial charge in [0.2, 0.25) is 0 Å². The molecule has 0 radical (unpaired) electrons. The van der Waals surface area contributed by atoms with Crippen molar-refractivity contribution in [1.82, 2.24) is 20.4 Å². The van der Waals surface area contributed by atoms with Gasteiger partial charge in [-0.25, -0.2) is 4.79 Å². The highest BCUT2D eigenvalue weighted by Gasteiger charge is 2.30. The molecule has 24 heavy (non-hydrogen) atoms. The third-order valence-electron chi connectivity index (χ3n) is 3.42. The number of hydrogen-bond donors (Lipinski definition) is 3. The second-order valence-corrected chi connectivity index (χ2v) is 6.58. The largest absolute Gasteiger partial charge is 0.481 e. The van der Waals surface area contributed by atoms with Crippen LogP contribution in [0, 0.1) is 0 Å². The average Bonchev–Trinajstić information content (AvgIpc) is 2.87. The first-order valence-corrected chi connectivity index (χ1v) is 7.71. The number of nitrogens with one attached hydrogen (secondary N) is 2. The van der Waals surface area contributed by atoms with Gasteiger partial charge in [0.25, 0.3) is 5.91 Å². The number of carboxylic acid groups (broad SMARTS) is 1. The SMILES string of the molecule is CC(C)(C)OC(=O)N1CCc2[nH]nc(C(=O)NCCC(=O)O)c2C1. The molecule has 2 rings (SSSR count). The zero-order valence-electron chi connectivity index (χ0n) is 14.0. The molecule has 0 atom stereocenters. The fourth-order valence-corrected chi connectivity index (χ4v) is 2.33. The van der Waals surface area contributed by atoms with Gasteiger partial charge in [-0.3, -0.25) is 14.7 Å². The van der Waals surface area contributed by atoms with Gasteiger partial charge in [-0.15, -0.1) is 0 Å². The van der Waals surface area contributed by atoms with Gasteiger partial charge in [0.05, 0.1) is 13.0 Å². The predicted octanol–water partition coefficient (Wildman–Crippen LogP) is 0.907. The van der Waals surface area contributed by atoms with Crippen molar-refractivity contribution < 1.29 is 24.2 Å². The van der Waals surface area contributed by atoms with Crippen LogP contribution >= 0.6 is 0 Å². The van der Waals surface area contributed by atoms with Crippen LogP contribution in [0.2, 0.25) is 0 Å². The molecular formula is C15H22N4O5. The van der Waals surface area contributed by atoms with E-state index in [0.717, 1.165) is 5.69 Å². The molecule has 1 aromatic heterocycles. The molecule has 2 heterocycles. The Morgan fingerprint density at radius 2 is 2.08 bits per heavy atom. The molecule has 1 aliphatic rings. The maximum Gasteiger partial charge on any atom is 0.410 e. The average molecular weight is 338 g/mol. The van der Waals surface area contributed by atoms with Crippen molar-refractivity contribution in [1.29, 1.82) is 0 Å². The molecule has 0 bridgehead atoms. The Morgan fingerprint density at radius 1 is 1.38 bits per heavy atom. The summed E-state index contributed by atoms with van der Waals surface area (Å²) in [6.45, 7) is 6.09. The van der Waals surface area contributed by atoms with E-state index < -0.39 is 23.6 Å². The normalized spacial score (nSPS) is 14.0. The summed E-state index contributed by atoms with van der Waals surface area (Å²) < 4.78 is 5.35. The van der Waals surface area contributed by atoms with E-state index in [4.69, 9.17) is 9.84 Å². The van der Waals surface area contributed by atoms with Crippen molar-refractivity contribution in [2.24, 2.45) is 0 Å². The molecule has 1 aliphatic heterocycles. The zero-order chi connectivity index (χ0) is 17.9. The molecule has 2 amide bonds. The molecule has 0 unspecified atom stereocenters. The number of nitrogens with zero attached hydrogens (tertiary/aromatic N) is 2. The Morgan fingerprint density at radius 3 is 2.71 bits per heavy atom. The van der Waals surface area contributed by atoms with Crippen molar-refractivity contribution in [2.75, 3.05) is 13.1 Å². The Bertz CT molecular complexity index is 647. The first-order valence-electron chi connectivity index (χ1n) is 7.71. The number of H-pyrrole nitrogens is 1. The Kier molecular flexibility index (Phi) is 5.10. The van der Waals surface area contributed by atoms with Gasteiger partial charge >= 0.3 is 12.1 Å². The van der Waals surface area contributed by atoms with Crippen molar-refractivity contribution in [3.63, 3.8) is 0 Å². The molecular weight excluding hydrogens is 316 g/mol. The maximum atomic E-state index is 12.2. The molecule has 0 saturated carbocycles. The number of ether oxygens (including phenoxy) is 1. The fraction of sp³-hybridized carbons (Fsp3) is 0.600. The standard InChI is InChI=1S/C15H22N4O5/c1-15(2,3)24-14(23)19-7-5-10-9(8-19)12(18-17-10)13(22)16-6-4-11(20)21/h4-8H2,1-3H3,(H,16,22)(H,17,18)(H,20,21). The number of carbonyl (C=O) groups is 3. The van der Waals surface area contributed by atoms with Gasteiger partial charge in [0, 0.05) is 30.8 Å². The van der Waals surface area contributed by atoms with Crippen LogP contribution in [0.4, 0.5) is 4.79 Å². The highest BCUT2D eigenvalue weighted by Crippen LogP contribution is 2.22. The minimum Gasteiger partial charge on any atom is -0.481 e. The smallest absolute Gasteiger partial charge is 0.410 e. The Balaban J connectivity index is 2.05. The number of carboxylic acids is 1. The number of rotatable bonds is 4. The number of aliphatic carboxylic acids is 1. The van der Waals surface area contributed by atoms with Crippen molar-refractivity contribution >= 4 is 18.0 Å². The predicted molar refractivity (Wildman–Crippen MR) is 83.5 cm³/mol. The number of hydrogen-bond acceptors (Lipinski definition) is 5. The molecule has 9 nitrogen and oxygen atoms in total. The van der Waals surface area contributed by atoms with Gasteiger partial charge in [-0.1, -0.05) is 0 Å². The summed E-state index contributed by atoms with van der Waals surface area (Å²) in [5.41, 5.74) is 1.03.